The van der Waals surface area contributed by atoms with Crippen LogP contribution in [0.4, 0.5) is 5.69 Å². The van der Waals surface area contributed by atoms with Crippen LogP contribution in [0.5, 0.6) is 0 Å². The number of rotatable bonds is 7. The second-order valence-electron chi connectivity index (χ2n) is 6.13. The van der Waals surface area contributed by atoms with Crippen LogP contribution in [0, 0.1) is 5.41 Å². The number of pyridine rings is 1. The summed E-state index contributed by atoms with van der Waals surface area (Å²) in [6.07, 6.45) is 3.52. The standard InChI is InChI=1S/C15H28N6/c1-15(2,11-16)12-19-14(18-8-9-21(3)4)20-13-6-5-7-17-10-13/h5-7,10H,8-9,11-12,16H2,1-4H3,(H2,18,19,20). The molecule has 0 saturated carbocycles. The number of hydrogen-bond acceptors (Lipinski definition) is 4. The third kappa shape index (κ3) is 7.63. The topological polar surface area (TPSA) is 78.6 Å². The Balaban J connectivity index is 2.67. The van der Waals surface area contributed by atoms with Gasteiger partial charge in [-0.2, -0.15) is 0 Å². The number of guanidine groups is 1. The van der Waals surface area contributed by atoms with Gasteiger partial charge in [-0.25, -0.2) is 0 Å². The Kier molecular flexibility index (Phi) is 7.11. The largest absolute Gasteiger partial charge is 0.355 e. The van der Waals surface area contributed by atoms with Gasteiger partial charge in [0.2, 0.25) is 0 Å². The second-order valence-corrected chi connectivity index (χ2v) is 6.13. The third-order valence-electron chi connectivity index (χ3n) is 2.99. The molecule has 4 N–H and O–H groups in total. The van der Waals surface area contributed by atoms with Gasteiger partial charge in [0.05, 0.1) is 11.9 Å². The maximum absolute atomic E-state index is 5.76. The number of nitrogens with two attached hydrogens (primary N) is 1. The second kappa shape index (κ2) is 8.59. The quantitative estimate of drug-likeness (QED) is 0.516. The predicted octanol–water partition coefficient (Wildman–Crippen LogP) is 0.986. The van der Waals surface area contributed by atoms with Crippen LogP contribution in [0.1, 0.15) is 13.8 Å². The molecule has 0 saturated heterocycles. The van der Waals surface area contributed by atoms with E-state index in [-0.39, 0.29) is 5.41 Å². The number of hydrogen-bond donors (Lipinski definition) is 3. The first-order valence-electron chi connectivity index (χ1n) is 7.23. The molecular weight excluding hydrogens is 264 g/mol. The van der Waals surface area contributed by atoms with Crippen molar-refractivity contribution < 1.29 is 0 Å². The molecule has 6 heteroatoms. The average molecular weight is 292 g/mol. The molecule has 21 heavy (non-hydrogen) atoms. The first kappa shape index (κ1) is 17.4. The number of nitrogens with zero attached hydrogens (tertiary/aromatic N) is 3. The van der Waals surface area contributed by atoms with E-state index in [9.17, 15) is 0 Å². The lowest BCUT2D eigenvalue weighted by Crippen LogP contribution is -2.37. The highest BCUT2D eigenvalue weighted by Crippen LogP contribution is 2.12. The molecule has 0 fully saturated rings. The Morgan fingerprint density at radius 3 is 2.76 bits per heavy atom. The monoisotopic (exact) mass is 292 g/mol. The lowest BCUT2D eigenvalue weighted by Gasteiger charge is -2.21. The lowest BCUT2D eigenvalue weighted by molar-refractivity contribution is 0.392. The van der Waals surface area contributed by atoms with E-state index < -0.39 is 0 Å². The van der Waals surface area contributed by atoms with E-state index in [1.165, 1.54) is 0 Å². The van der Waals surface area contributed by atoms with Crippen molar-refractivity contribution >= 4 is 11.6 Å². The highest BCUT2D eigenvalue weighted by atomic mass is 15.2. The summed E-state index contributed by atoms with van der Waals surface area (Å²) in [7, 11) is 4.09. The molecule has 0 aliphatic heterocycles. The molecular formula is C15H28N6. The van der Waals surface area contributed by atoms with Crippen molar-refractivity contribution in [2.45, 2.75) is 13.8 Å². The molecule has 0 amide bonds. The fourth-order valence-electron chi connectivity index (χ4n) is 1.47. The summed E-state index contributed by atoms with van der Waals surface area (Å²) in [5, 5.41) is 6.59. The minimum atomic E-state index is -0.00883. The van der Waals surface area contributed by atoms with Gasteiger partial charge in [0.25, 0.3) is 0 Å². The molecule has 1 aromatic rings. The molecule has 0 aromatic carbocycles. The van der Waals surface area contributed by atoms with Crippen LogP contribution in [0.15, 0.2) is 29.5 Å². The van der Waals surface area contributed by atoms with Gasteiger partial charge in [0.15, 0.2) is 5.96 Å². The lowest BCUT2D eigenvalue weighted by atomic mass is 9.94. The average Bonchev–Trinajstić information content (AvgIpc) is 2.45. The van der Waals surface area contributed by atoms with Crippen LogP contribution < -0.4 is 16.4 Å². The van der Waals surface area contributed by atoms with Crippen LogP contribution in [-0.4, -0.2) is 56.1 Å². The van der Waals surface area contributed by atoms with Gasteiger partial charge in [-0.15, -0.1) is 0 Å². The minimum Gasteiger partial charge on any atom is -0.355 e. The molecule has 0 spiro atoms. The third-order valence-corrected chi connectivity index (χ3v) is 2.99. The Labute approximate surface area is 127 Å². The van der Waals surface area contributed by atoms with Gasteiger partial charge in [-0.05, 0) is 38.2 Å². The molecule has 0 unspecified atom stereocenters. The summed E-state index contributed by atoms with van der Waals surface area (Å²) in [5.41, 5.74) is 6.67. The van der Waals surface area contributed by atoms with E-state index in [0.717, 1.165) is 24.7 Å². The van der Waals surface area contributed by atoms with E-state index in [0.29, 0.717) is 13.1 Å². The van der Waals surface area contributed by atoms with Crippen molar-refractivity contribution in [2.24, 2.45) is 16.1 Å². The van der Waals surface area contributed by atoms with Gasteiger partial charge in [-0.1, -0.05) is 13.8 Å². The molecule has 0 radical (unpaired) electrons. The fourth-order valence-corrected chi connectivity index (χ4v) is 1.47. The summed E-state index contributed by atoms with van der Waals surface area (Å²) in [5.74, 6) is 0.756. The Morgan fingerprint density at radius 2 is 2.19 bits per heavy atom. The van der Waals surface area contributed by atoms with E-state index in [2.05, 4.69) is 39.4 Å². The van der Waals surface area contributed by atoms with Crippen LogP contribution in [0.2, 0.25) is 0 Å². The smallest absolute Gasteiger partial charge is 0.195 e. The SMILES string of the molecule is CN(C)CCNC(=NCC(C)(C)CN)Nc1cccnc1. The number of nitrogens with one attached hydrogen (secondary N) is 2. The van der Waals surface area contributed by atoms with Gasteiger partial charge in [0, 0.05) is 25.8 Å². The predicted molar refractivity (Wildman–Crippen MR) is 89.6 cm³/mol. The summed E-state index contributed by atoms with van der Waals surface area (Å²) in [6, 6.07) is 3.85. The minimum absolute atomic E-state index is 0.00883. The summed E-state index contributed by atoms with van der Waals surface area (Å²) in [6.45, 7) is 7.25. The number of likely N-dealkylation sites (N-methyl/N-ethyl adjacent to an activating group) is 1. The summed E-state index contributed by atoms with van der Waals surface area (Å²) < 4.78 is 0. The normalized spacial score (nSPS) is 12.6. The summed E-state index contributed by atoms with van der Waals surface area (Å²) >= 11 is 0. The maximum Gasteiger partial charge on any atom is 0.195 e. The maximum atomic E-state index is 5.76. The zero-order valence-corrected chi connectivity index (χ0v) is 13.6. The van der Waals surface area contributed by atoms with Gasteiger partial charge in [-0.3, -0.25) is 9.98 Å². The molecule has 0 bridgehead atoms. The molecule has 1 rings (SSSR count). The zero-order valence-electron chi connectivity index (χ0n) is 13.6. The molecule has 0 aliphatic rings. The number of aliphatic imine (C=N–C) groups is 1. The van der Waals surface area contributed by atoms with Crippen molar-refractivity contribution in [1.82, 2.24) is 15.2 Å². The molecule has 118 valence electrons. The summed E-state index contributed by atoms with van der Waals surface area (Å²) in [4.78, 5) is 10.8. The Hall–Kier alpha value is -1.66. The van der Waals surface area contributed by atoms with Gasteiger partial charge in [0.1, 0.15) is 0 Å². The van der Waals surface area contributed by atoms with Crippen LogP contribution >= 0.6 is 0 Å². The molecule has 0 aliphatic carbocycles. The van der Waals surface area contributed by atoms with Crippen molar-refractivity contribution in [3.63, 3.8) is 0 Å². The highest BCUT2D eigenvalue weighted by Gasteiger charge is 2.15. The van der Waals surface area contributed by atoms with E-state index >= 15 is 0 Å². The Morgan fingerprint density at radius 1 is 1.43 bits per heavy atom. The molecule has 1 heterocycles. The molecule has 0 atom stereocenters. The highest BCUT2D eigenvalue weighted by molar-refractivity contribution is 5.93. The first-order chi connectivity index (χ1) is 9.93. The van der Waals surface area contributed by atoms with Crippen LogP contribution in [0.3, 0.4) is 0 Å². The van der Waals surface area contributed by atoms with E-state index in [1.807, 2.05) is 26.2 Å². The van der Waals surface area contributed by atoms with Crippen molar-refractivity contribution in [1.29, 1.82) is 0 Å². The number of aromatic nitrogens is 1. The molecule has 1 aromatic heterocycles. The van der Waals surface area contributed by atoms with Crippen molar-refractivity contribution in [3.8, 4) is 0 Å². The fraction of sp³-hybridized carbons (Fsp3) is 0.600. The Bertz CT molecular complexity index is 427. The van der Waals surface area contributed by atoms with Gasteiger partial charge < -0.3 is 21.3 Å². The van der Waals surface area contributed by atoms with E-state index in [4.69, 9.17) is 5.73 Å². The zero-order chi connectivity index (χ0) is 15.7. The van der Waals surface area contributed by atoms with Gasteiger partial charge >= 0.3 is 0 Å². The number of anilines is 1. The van der Waals surface area contributed by atoms with Crippen LogP contribution in [0.25, 0.3) is 0 Å². The van der Waals surface area contributed by atoms with Crippen molar-refractivity contribution in [2.75, 3.05) is 45.6 Å². The van der Waals surface area contributed by atoms with Crippen molar-refractivity contribution in [3.05, 3.63) is 24.5 Å². The van der Waals surface area contributed by atoms with Crippen LogP contribution in [-0.2, 0) is 0 Å². The van der Waals surface area contributed by atoms with E-state index in [1.54, 1.807) is 12.4 Å². The first-order valence-corrected chi connectivity index (χ1v) is 7.23. The molecule has 6 nitrogen and oxygen atoms in total.